The van der Waals surface area contributed by atoms with E-state index < -0.39 is 5.97 Å². The molecule has 0 N–H and O–H groups in total. The average molecular weight is 398 g/mol. The van der Waals surface area contributed by atoms with Gasteiger partial charge in [-0.3, -0.25) is 0 Å². The fourth-order valence-corrected chi connectivity index (χ4v) is 3.45. The smallest absolute Gasteiger partial charge is 0.0672 e. The number of carbonyl (C=O) groups is 1. The molecule has 0 aromatic heterocycles. The summed E-state index contributed by atoms with van der Waals surface area (Å²) < 4.78 is 2.53. The Hall–Kier alpha value is -0.130. The highest BCUT2D eigenvalue weighted by Gasteiger charge is 2.04. The van der Waals surface area contributed by atoms with Gasteiger partial charge in [-0.05, 0) is 30.7 Å². The van der Waals surface area contributed by atoms with Crippen molar-refractivity contribution in [3.05, 3.63) is 36.7 Å². The van der Waals surface area contributed by atoms with Crippen molar-refractivity contribution in [2.75, 3.05) is 0 Å². The van der Waals surface area contributed by atoms with Crippen LogP contribution in [0.2, 0.25) is 0 Å². The molecule has 0 amide bonds. The number of hydrogen-bond donors (Lipinski definition) is 0. The van der Waals surface area contributed by atoms with Crippen LogP contribution in [0.5, 0.6) is 0 Å². The highest BCUT2D eigenvalue weighted by atomic mass is 79.9. The van der Waals surface area contributed by atoms with E-state index in [2.05, 4.69) is 47.8 Å². The highest BCUT2D eigenvalue weighted by molar-refractivity contribution is 9.11. The molecule has 0 spiro atoms. The first-order valence-electron chi connectivity index (χ1n) is 3.96. The van der Waals surface area contributed by atoms with E-state index in [9.17, 15) is 9.90 Å². The molecule has 0 saturated carbocycles. The summed E-state index contributed by atoms with van der Waals surface area (Å²) in [6.45, 7) is 1.50. The molecule has 0 bridgehead atoms. The van der Waals surface area contributed by atoms with Crippen LogP contribution < -0.4 is 5.11 Å². The Bertz CT molecular complexity index is 415. The third-order valence-electron chi connectivity index (χ3n) is 1.73. The fourth-order valence-electron chi connectivity index (χ4n) is 0.967. The molecular weight excluding hydrogens is 392 g/mol. The summed E-state index contributed by atoms with van der Waals surface area (Å²) in [5.74, 6) is -1.17. The largest absolute Gasteiger partial charge is 0.545 e. The Morgan fingerprint density at radius 3 is 2.13 bits per heavy atom. The van der Waals surface area contributed by atoms with Crippen LogP contribution in [0, 0.1) is 0 Å². The van der Waals surface area contributed by atoms with E-state index in [4.69, 9.17) is 0 Å². The summed E-state index contributed by atoms with van der Waals surface area (Å²) in [5.41, 5.74) is 0.957. The van der Waals surface area contributed by atoms with Gasteiger partial charge in [-0.15, -0.1) is 0 Å². The summed E-state index contributed by atoms with van der Waals surface area (Å²) in [6, 6.07) is 3.69. The molecule has 80 valence electrons. The second kappa shape index (κ2) is 5.27. The van der Waals surface area contributed by atoms with Gasteiger partial charge in [-0.2, -0.15) is 0 Å². The van der Waals surface area contributed by atoms with Gasteiger partial charge in [0.15, 0.2) is 0 Å². The molecule has 0 aliphatic heterocycles. The molecule has 0 saturated heterocycles. The average Bonchev–Trinajstić information content (AvgIpc) is 2.10. The normalized spacial score (nSPS) is 11.6. The van der Waals surface area contributed by atoms with Crippen molar-refractivity contribution >= 4 is 59.8 Å². The van der Waals surface area contributed by atoms with E-state index in [-0.39, 0.29) is 5.57 Å². The number of rotatable bonds is 2. The Kier molecular flexibility index (Phi) is 4.55. The van der Waals surface area contributed by atoms with Gasteiger partial charge in [0.05, 0.1) is 5.97 Å². The van der Waals surface area contributed by atoms with Crippen LogP contribution in [0.15, 0.2) is 31.1 Å². The van der Waals surface area contributed by atoms with Crippen LogP contribution in [0.4, 0.5) is 0 Å². The first kappa shape index (κ1) is 12.9. The number of carboxylic acids is 1. The second-order valence-corrected chi connectivity index (χ2v) is 5.52. The first-order valence-corrected chi connectivity index (χ1v) is 6.34. The minimum Gasteiger partial charge on any atom is -0.545 e. The van der Waals surface area contributed by atoms with Crippen LogP contribution in [-0.4, -0.2) is 5.97 Å². The van der Waals surface area contributed by atoms with E-state index in [1.54, 1.807) is 6.08 Å². The van der Waals surface area contributed by atoms with Crippen LogP contribution >= 0.6 is 47.8 Å². The molecule has 1 rings (SSSR count). The van der Waals surface area contributed by atoms with Crippen LogP contribution in [0.1, 0.15) is 12.5 Å². The predicted octanol–water partition coefficient (Wildman–Crippen LogP) is 3.13. The predicted molar refractivity (Wildman–Crippen MR) is 68.2 cm³/mol. The number of halogens is 3. The maximum absolute atomic E-state index is 10.6. The lowest BCUT2D eigenvalue weighted by Gasteiger charge is -2.06. The minimum absolute atomic E-state index is 0.179. The zero-order valence-electron chi connectivity index (χ0n) is 7.68. The van der Waals surface area contributed by atoms with Gasteiger partial charge in [0.1, 0.15) is 0 Å². The van der Waals surface area contributed by atoms with Crippen molar-refractivity contribution in [1.82, 2.24) is 0 Å². The third kappa shape index (κ3) is 3.43. The van der Waals surface area contributed by atoms with Crippen molar-refractivity contribution in [3.63, 3.8) is 0 Å². The van der Waals surface area contributed by atoms with Gasteiger partial charge in [0, 0.05) is 19.0 Å². The monoisotopic (exact) mass is 395 g/mol. The van der Waals surface area contributed by atoms with E-state index in [1.165, 1.54) is 6.92 Å². The lowest BCUT2D eigenvalue weighted by Crippen LogP contribution is -2.22. The maximum atomic E-state index is 10.6. The summed E-state index contributed by atoms with van der Waals surface area (Å²) in [4.78, 5) is 10.6. The number of benzene rings is 1. The van der Waals surface area contributed by atoms with Gasteiger partial charge in [-0.1, -0.05) is 47.8 Å². The lowest BCUT2D eigenvalue weighted by molar-refractivity contribution is -0.299. The van der Waals surface area contributed by atoms with Crippen molar-refractivity contribution < 1.29 is 9.90 Å². The molecule has 2 nitrogen and oxygen atoms in total. The summed E-state index contributed by atoms with van der Waals surface area (Å²) in [5, 5.41) is 10.6. The number of carboxylic acid groups (broad SMARTS) is 1. The summed E-state index contributed by atoms with van der Waals surface area (Å²) in [6.07, 6.45) is 1.55. The first-order chi connectivity index (χ1) is 6.91. The van der Waals surface area contributed by atoms with Gasteiger partial charge in [-0.25, -0.2) is 0 Å². The lowest BCUT2D eigenvalue weighted by atomic mass is 10.1. The van der Waals surface area contributed by atoms with Crippen LogP contribution in [0.25, 0.3) is 6.08 Å². The molecule has 0 radical (unpaired) electrons. The van der Waals surface area contributed by atoms with Crippen molar-refractivity contribution in [2.45, 2.75) is 6.92 Å². The zero-order chi connectivity index (χ0) is 11.6. The second-order valence-electron chi connectivity index (χ2n) is 2.90. The van der Waals surface area contributed by atoms with E-state index in [0.717, 1.165) is 19.0 Å². The number of carbonyl (C=O) groups excluding carboxylic acids is 1. The zero-order valence-corrected chi connectivity index (χ0v) is 12.4. The molecule has 0 atom stereocenters. The highest BCUT2D eigenvalue weighted by Crippen LogP contribution is 2.31. The Morgan fingerprint density at radius 1 is 1.27 bits per heavy atom. The van der Waals surface area contributed by atoms with Crippen molar-refractivity contribution in [1.29, 1.82) is 0 Å². The molecule has 0 unspecified atom stereocenters. The van der Waals surface area contributed by atoms with Gasteiger partial charge < -0.3 is 9.90 Å². The summed E-state index contributed by atoms with van der Waals surface area (Å²) >= 11 is 10.0. The number of hydrogen-bond acceptors (Lipinski definition) is 2. The SMILES string of the molecule is C/C(=C\c1c(Br)cc(Br)cc1Br)C(=O)[O-]. The van der Waals surface area contributed by atoms with Crippen molar-refractivity contribution in [3.8, 4) is 0 Å². The Labute approximate surface area is 113 Å². The van der Waals surface area contributed by atoms with Gasteiger partial charge >= 0.3 is 0 Å². The number of aliphatic carboxylic acids is 1. The standard InChI is InChI=1S/C10H7Br3O2/c1-5(10(14)15)2-7-8(12)3-6(11)4-9(7)13/h2-4H,1H3,(H,14,15)/p-1/b5-2+. The molecule has 15 heavy (non-hydrogen) atoms. The molecule has 0 fully saturated rings. The van der Waals surface area contributed by atoms with E-state index in [0.29, 0.717) is 0 Å². The molecule has 1 aromatic rings. The van der Waals surface area contributed by atoms with Crippen molar-refractivity contribution in [2.24, 2.45) is 0 Å². The fraction of sp³-hybridized carbons (Fsp3) is 0.100. The van der Waals surface area contributed by atoms with E-state index in [1.807, 2.05) is 12.1 Å². The van der Waals surface area contributed by atoms with Gasteiger partial charge in [0.2, 0.25) is 0 Å². The van der Waals surface area contributed by atoms with Crippen LogP contribution in [-0.2, 0) is 4.79 Å². The topological polar surface area (TPSA) is 40.1 Å². The molecule has 5 heteroatoms. The summed E-state index contributed by atoms with van der Waals surface area (Å²) in [7, 11) is 0. The van der Waals surface area contributed by atoms with E-state index >= 15 is 0 Å². The third-order valence-corrected chi connectivity index (χ3v) is 3.50. The molecule has 0 aliphatic carbocycles. The van der Waals surface area contributed by atoms with Gasteiger partial charge in [0.25, 0.3) is 0 Å². The minimum atomic E-state index is -1.17. The Morgan fingerprint density at radius 2 is 1.73 bits per heavy atom. The van der Waals surface area contributed by atoms with Crippen LogP contribution in [0.3, 0.4) is 0 Å². The molecule has 0 heterocycles. The molecular formula is C10H6Br3O2-. The molecule has 0 aliphatic rings. The quantitative estimate of drug-likeness (QED) is 0.719. The molecule has 1 aromatic carbocycles. The Balaban J connectivity index is 3.27. The maximum Gasteiger partial charge on any atom is 0.0672 e.